The van der Waals surface area contributed by atoms with Crippen molar-refractivity contribution >= 4 is 23.2 Å². The lowest BCUT2D eigenvalue weighted by Crippen LogP contribution is -2.22. The van der Waals surface area contributed by atoms with Crippen molar-refractivity contribution in [2.75, 3.05) is 0 Å². The van der Waals surface area contributed by atoms with Gasteiger partial charge in [-0.05, 0) is 24.6 Å². The Hall–Kier alpha value is -0.280. The monoisotopic (exact) mass is 219 g/mol. The van der Waals surface area contributed by atoms with Crippen LogP contribution in [0.4, 0.5) is 0 Å². The third kappa shape index (κ3) is 2.58. The van der Waals surface area contributed by atoms with Crippen LogP contribution in [0.1, 0.15) is 18.5 Å². The average Bonchev–Trinajstić information content (AvgIpc) is 2.08. The molecule has 2 nitrogen and oxygen atoms in total. The van der Waals surface area contributed by atoms with Crippen molar-refractivity contribution in [3.05, 3.63) is 33.8 Å². The fourth-order valence-corrected chi connectivity index (χ4v) is 1.30. The summed E-state index contributed by atoms with van der Waals surface area (Å²) in [5.74, 6) is 0. The molecule has 2 atom stereocenters. The first-order valence-corrected chi connectivity index (χ1v) is 4.66. The minimum Gasteiger partial charge on any atom is -0.391 e. The molecule has 0 radical (unpaired) electrons. The lowest BCUT2D eigenvalue weighted by molar-refractivity contribution is 0.164. The number of halogens is 2. The summed E-state index contributed by atoms with van der Waals surface area (Å²) < 4.78 is 0. The standard InChI is InChI=1S/C9H11Cl2NO/c1-5(13)9(12)6-2-3-7(10)8(11)4-6/h2-5,9,13H,12H2,1H3/t5?,9-/m1/s1. The quantitative estimate of drug-likeness (QED) is 0.803. The highest BCUT2D eigenvalue weighted by Gasteiger charge is 2.12. The van der Waals surface area contributed by atoms with E-state index in [1.54, 1.807) is 25.1 Å². The lowest BCUT2D eigenvalue weighted by Gasteiger charge is -2.15. The Morgan fingerprint density at radius 3 is 2.38 bits per heavy atom. The van der Waals surface area contributed by atoms with Crippen molar-refractivity contribution in [3.8, 4) is 0 Å². The van der Waals surface area contributed by atoms with Gasteiger partial charge >= 0.3 is 0 Å². The maximum atomic E-state index is 9.23. The van der Waals surface area contributed by atoms with Crippen molar-refractivity contribution in [2.45, 2.75) is 19.1 Å². The van der Waals surface area contributed by atoms with Crippen LogP contribution in [-0.2, 0) is 0 Å². The van der Waals surface area contributed by atoms with Crippen LogP contribution in [-0.4, -0.2) is 11.2 Å². The van der Waals surface area contributed by atoms with E-state index in [1.807, 2.05) is 0 Å². The fourth-order valence-electron chi connectivity index (χ4n) is 0.998. The maximum absolute atomic E-state index is 9.23. The molecule has 1 aromatic rings. The smallest absolute Gasteiger partial charge is 0.0704 e. The highest BCUT2D eigenvalue weighted by molar-refractivity contribution is 6.42. The van der Waals surface area contributed by atoms with Crippen LogP contribution < -0.4 is 5.73 Å². The molecular formula is C9H11Cl2NO. The molecular weight excluding hydrogens is 209 g/mol. The molecule has 13 heavy (non-hydrogen) atoms. The van der Waals surface area contributed by atoms with Gasteiger partial charge in [0.25, 0.3) is 0 Å². The van der Waals surface area contributed by atoms with Gasteiger partial charge in [0.15, 0.2) is 0 Å². The minimum atomic E-state index is -0.600. The molecule has 0 saturated carbocycles. The topological polar surface area (TPSA) is 46.2 Å². The number of aliphatic hydroxyl groups excluding tert-OH is 1. The lowest BCUT2D eigenvalue weighted by atomic mass is 10.0. The van der Waals surface area contributed by atoms with Gasteiger partial charge in [0.1, 0.15) is 0 Å². The summed E-state index contributed by atoms with van der Waals surface area (Å²) in [6.45, 7) is 1.63. The molecule has 0 heterocycles. The van der Waals surface area contributed by atoms with Gasteiger partial charge in [0.2, 0.25) is 0 Å². The number of hydrogen-bond donors (Lipinski definition) is 2. The van der Waals surface area contributed by atoms with E-state index in [2.05, 4.69) is 0 Å². The predicted molar refractivity (Wildman–Crippen MR) is 55.1 cm³/mol. The van der Waals surface area contributed by atoms with Gasteiger partial charge in [-0.2, -0.15) is 0 Å². The largest absolute Gasteiger partial charge is 0.391 e. The van der Waals surface area contributed by atoms with Gasteiger partial charge < -0.3 is 10.8 Å². The Morgan fingerprint density at radius 2 is 1.92 bits per heavy atom. The molecule has 0 aliphatic heterocycles. The van der Waals surface area contributed by atoms with E-state index in [-0.39, 0.29) is 0 Å². The number of nitrogens with two attached hydrogens (primary N) is 1. The SMILES string of the molecule is CC(O)[C@@H](N)c1ccc(Cl)c(Cl)c1. The Bertz CT molecular complexity index is 302. The van der Waals surface area contributed by atoms with E-state index in [4.69, 9.17) is 28.9 Å². The van der Waals surface area contributed by atoms with Gasteiger partial charge in [-0.25, -0.2) is 0 Å². The van der Waals surface area contributed by atoms with E-state index in [0.29, 0.717) is 10.0 Å². The van der Waals surface area contributed by atoms with Crippen molar-refractivity contribution in [3.63, 3.8) is 0 Å². The molecule has 0 aliphatic carbocycles. The Morgan fingerprint density at radius 1 is 1.31 bits per heavy atom. The molecule has 4 heteroatoms. The second kappa shape index (κ2) is 4.29. The summed E-state index contributed by atoms with van der Waals surface area (Å²) in [7, 11) is 0. The Balaban J connectivity index is 2.97. The van der Waals surface area contributed by atoms with Gasteiger partial charge in [0.05, 0.1) is 22.2 Å². The molecule has 0 bridgehead atoms. The summed E-state index contributed by atoms with van der Waals surface area (Å²) >= 11 is 11.5. The summed E-state index contributed by atoms with van der Waals surface area (Å²) in [6, 6.07) is 4.67. The van der Waals surface area contributed by atoms with Crippen LogP contribution >= 0.6 is 23.2 Å². The first-order valence-electron chi connectivity index (χ1n) is 3.91. The molecule has 1 aromatic carbocycles. The normalized spacial score (nSPS) is 15.5. The molecule has 0 saturated heterocycles. The van der Waals surface area contributed by atoms with Crippen LogP contribution in [0.25, 0.3) is 0 Å². The highest BCUT2D eigenvalue weighted by Crippen LogP contribution is 2.25. The second-order valence-corrected chi connectivity index (χ2v) is 3.75. The van der Waals surface area contributed by atoms with Crippen LogP contribution in [0, 0.1) is 0 Å². The number of hydrogen-bond acceptors (Lipinski definition) is 2. The molecule has 3 N–H and O–H groups in total. The molecule has 0 spiro atoms. The molecule has 0 aromatic heterocycles. The minimum absolute atomic E-state index is 0.422. The van der Waals surface area contributed by atoms with Crippen molar-refractivity contribution in [1.82, 2.24) is 0 Å². The predicted octanol–water partition coefficient (Wildman–Crippen LogP) is 2.37. The fraction of sp³-hybridized carbons (Fsp3) is 0.333. The third-order valence-electron chi connectivity index (χ3n) is 1.85. The maximum Gasteiger partial charge on any atom is 0.0704 e. The third-order valence-corrected chi connectivity index (χ3v) is 2.59. The van der Waals surface area contributed by atoms with Crippen molar-refractivity contribution in [1.29, 1.82) is 0 Å². The van der Waals surface area contributed by atoms with Crippen molar-refractivity contribution < 1.29 is 5.11 Å². The first kappa shape index (κ1) is 10.8. The zero-order valence-electron chi connectivity index (χ0n) is 7.17. The molecule has 1 rings (SSSR count). The van der Waals surface area contributed by atoms with Gasteiger partial charge in [-0.15, -0.1) is 0 Å². The van der Waals surface area contributed by atoms with Gasteiger partial charge in [-0.1, -0.05) is 29.3 Å². The van der Waals surface area contributed by atoms with E-state index in [0.717, 1.165) is 5.56 Å². The average molecular weight is 220 g/mol. The number of aliphatic hydroxyl groups is 1. The molecule has 1 unspecified atom stereocenters. The first-order chi connectivity index (χ1) is 6.02. The summed E-state index contributed by atoms with van der Waals surface area (Å²) in [4.78, 5) is 0. The molecule has 0 aliphatic rings. The zero-order valence-corrected chi connectivity index (χ0v) is 8.68. The van der Waals surface area contributed by atoms with E-state index < -0.39 is 12.1 Å². The van der Waals surface area contributed by atoms with E-state index in [1.165, 1.54) is 0 Å². The van der Waals surface area contributed by atoms with Crippen LogP contribution in [0.5, 0.6) is 0 Å². The number of benzene rings is 1. The number of rotatable bonds is 2. The molecule has 0 amide bonds. The van der Waals surface area contributed by atoms with Crippen LogP contribution in [0.3, 0.4) is 0 Å². The summed E-state index contributed by atoms with van der Waals surface area (Å²) in [5, 5.41) is 10.2. The van der Waals surface area contributed by atoms with Crippen LogP contribution in [0.2, 0.25) is 10.0 Å². The summed E-state index contributed by atoms with van der Waals surface area (Å²) in [6.07, 6.45) is -0.600. The van der Waals surface area contributed by atoms with Crippen LogP contribution in [0.15, 0.2) is 18.2 Å². The van der Waals surface area contributed by atoms with Crippen molar-refractivity contribution in [2.24, 2.45) is 5.73 Å². The second-order valence-electron chi connectivity index (χ2n) is 2.94. The molecule has 72 valence electrons. The zero-order chi connectivity index (χ0) is 10.0. The van der Waals surface area contributed by atoms with E-state index in [9.17, 15) is 5.11 Å². The summed E-state index contributed by atoms with van der Waals surface area (Å²) in [5.41, 5.74) is 6.49. The van der Waals surface area contributed by atoms with Gasteiger partial charge in [-0.3, -0.25) is 0 Å². The van der Waals surface area contributed by atoms with E-state index >= 15 is 0 Å². The highest BCUT2D eigenvalue weighted by atomic mass is 35.5. The van der Waals surface area contributed by atoms with Gasteiger partial charge in [0, 0.05) is 0 Å². The molecule has 0 fully saturated rings. The Kier molecular flexibility index (Phi) is 3.56. The Labute approximate surface area is 87.3 Å².